The maximum absolute atomic E-state index is 14.1. The van der Waals surface area contributed by atoms with E-state index in [4.69, 9.17) is 10.3 Å². The third-order valence-electron chi connectivity index (χ3n) is 8.67. The van der Waals surface area contributed by atoms with E-state index in [-0.39, 0.29) is 42.7 Å². The molecular formula is C31H42N6O4S. The zero-order chi connectivity index (χ0) is 30.0. The van der Waals surface area contributed by atoms with E-state index in [2.05, 4.69) is 20.8 Å². The highest BCUT2D eigenvalue weighted by Crippen LogP contribution is 2.33. The van der Waals surface area contributed by atoms with Crippen molar-refractivity contribution in [2.24, 2.45) is 11.7 Å². The van der Waals surface area contributed by atoms with Crippen molar-refractivity contribution in [1.82, 2.24) is 25.7 Å². The van der Waals surface area contributed by atoms with Gasteiger partial charge in [-0.1, -0.05) is 43.3 Å². The van der Waals surface area contributed by atoms with Crippen LogP contribution in [0.1, 0.15) is 80.6 Å². The normalized spacial score (nSPS) is 21.8. The van der Waals surface area contributed by atoms with Gasteiger partial charge in [0.05, 0.1) is 33.9 Å². The van der Waals surface area contributed by atoms with E-state index in [1.807, 2.05) is 63.5 Å². The molecule has 0 unspecified atom stereocenters. The molecule has 10 nitrogen and oxygen atoms in total. The largest absolute Gasteiger partial charge is 0.391 e. The molecule has 226 valence electrons. The van der Waals surface area contributed by atoms with Gasteiger partial charge >= 0.3 is 0 Å². The number of amides is 2. The predicted molar refractivity (Wildman–Crippen MR) is 162 cm³/mol. The zero-order valence-electron chi connectivity index (χ0n) is 24.7. The van der Waals surface area contributed by atoms with Crippen LogP contribution in [0.3, 0.4) is 0 Å². The summed E-state index contributed by atoms with van der Waals surface area (Å²) >= 11 is 1.60. The first kappa shape index (κ1) is 30.3. The molecule has 0 radical (unpaired) electrons. The van der Waals surface area contributed by atoms with Crippen molar-refractivity contribution in [3.63, 3.8) is 0 Å². The fourth-order valence-electron chi connectivity index (χ4n) is 6.00. The number of nitrogens with one attached hydrogen (secondary N) is 2. The summed E-state index contributed by atoms with van der Waals surface area (Å²) in [6.07, 6.45) is 1.26. The molecule has 5 N–H and O–H groups in total. The molecule has 0 bridgehead atoms. The highest BCUT2D eigenvalue weighted by atomic mass is 32.1. The van der Waals surface area contributed by atoms with Crippen molar-refractivity contribution in [3.8, 4) is 10.4 Å². The fraction of sp³-hybridized carbons (Fsp3) is 0.548. The number of thiazole rings is 1. The molecule has 2 fully saturated rings. The lowest BCUT2D eigenvalue weighted by atomic mass is 9.86. The molecule has 2 saturated heterocycles. The second kappa shape index (κ2) is 13.0. The van der Waals surface area contributed by atoms with Gasteiger partial charge in [-0.05, 0) is 56.8 Å². The van der Waals surface area contributed by atoms with Crippen molar-refractivity contribution in [2.75, 3.05) is 19.6 Å². The third kappa shape index (κ3) is 6.44. The Hall–Kier alpha value is -3.12. The molecule has 5 rings (SSSR count). The molecule has 5 atom stereocenters. The van der Waals surface area contributed by atoms with Crippen LogP contribution in [0.2, 0.25) is 0 Å². The van der Waals surface area contributed by atoms with Crippen LogP contribution < -0.4 is 16.4 Å². The summed E-state index contributed by atoms with van der Waals surface area (Å²) < 4.78 is 5.76. The first-order chi connectivity index (χ1) is 20.1. The number of likely N-dealkylation sites (tertiary alicyclic amines) is 1. The Kier molecular flexibility index (Phi) is 9.41. The van der Waals surface area contributed by atoms with Crippen LogP contribution in [0, 0.1) is 12.8 Å². The number of nitrogens with two attached hydrogens (primary N) is 1. The summed E-state index contributed by atoms with van der Waals surface area (Å²) in [5.41, 5.74) is 12.3. The molecule has 3 aromatic rings. The Labute approximate surface area is 251 Å². The lowest BCUT2D eigenvalue weighted by Gasteiger charge is -2.31. The number of rotatable bonds is 9. The summed E-state index contributed by atoms with van der Waals surface area (Å²) in [5.74, 6) is -0.780. The first-order valence-corrected chi connectivity index (χ1v) is 15.7. The smallest absolute Gasteiger partial charge is 0.243 e. The molecule has 42 heavy (non-hydrogen) atoms. The van der Waals surface area contributed by atoms with Gasteiger partial charge in [0.15, 0.2) is 5.76 Å². The molecule has 0 spiro atoms. The Morgan fingerprint density at radius 1 is 1.19 bits per heavy atom. The van der Waals surface area contributed by atoms with Crippen LogP contribution in [-0.4, -0.2) is 69.8 Å². The van der Waals surface area contributed by atoms with Crippen molar-refractivity contribution < 1.29 is 19.2 Å². The van der Waals surface area contributed by atoms with Gasteiger partial charge in [0.1, 0.15) is 12.0 Å². The average Bonchev–Trinajstić information content (AvgIpc) is 3.73. The fourth-order valence-corrected chi connectivity index (χ4v) is 6.81. The summed E-state index contributed by atoms with van der Waals surface area (Å²) in [5, 5.41) is 21.3. The second-order valence-corrected chi connectivity index (χ2v) is 12.8. The number of β-amino-alcohol motifs (C(OH)–C–C–N with tert-alkyl or cyclic N) is 1. The molecule has 0 aliphatic carbocycles. The topological polar surface area (TPSA) is 147 Å². The van der Waals surface area contributed by atoms with Crippen molar-refractivity contribution in [2.45, 2.75) is 83.0 Å². The number of aliphatic hydroxyl groups excluding tert-OH is 1. The van der Waals surface area contributed by atoms with Crippen molar-refractivity contribution >= 4 is 23.2 Å². The molecule has 11 heteroatoms. The minimum atomic E-state index is -0.817. The monoisotopic (exact) mass is 594 g/mol. The Morgan fingerprint density at radius 3 is 2.55 bits per heavy atom. The minimum Gasteiger partial charge on any atom is -0.391 e. The van der Waals surface area contributed by atoms with Crippen molar-refractivity contribution in [1.29, 1.82) is 0 Å². The Morgan fingerprint density at radius 2 is 1.90 bits per heavy atom. The van der Waals surface area contributed by atoms with Crippen LogP contribution in [0.15, 0.2) is 40.4 Å². The number of aliphatic hydroxyl groups is 1. The third-order valence-corrected chi connectivity index (χ3v) is 9.65. The second-order valence-electron chi connectivity index (χ2n) is 12.0. The Balaban J connectivity index is 1.32. The molecule has 0 saturated carbocycles. The van der Waals surface area contributed by atoms with E-state index in [0.29, 0.717) is 5.76 Å². The standard InChI is InChI=1S/C31H42N6O4S/c1-17(2)28(32)27(26-14-24(36-41-26)21-9-11-33-12-10-21)31(40)37-15-23(38)13-25(37)30(39)35-18(3)20-5-7-22(8-6-20)29-19(4)34-16-42-29/h5-8,14,16-18,21,23,25,27-28,33,38H,9-13,15,32H2,1-4H3,(H,35,39)/t18-,23+,25-,27-,28-/m0/s1. The van der Waals surface area contributed by atoms with Crippen LogP contribution >= 0.6 is 11.3 Å². The maximum Gasteiger partial charge on any atom is 0.243 e. The quantitative estimate of drug-likeness (QED) is 0.295. The molecule has 4 heterocycles. The number of hydrogen-bond acceptors (Lipinski definition) is 9. The van der Waals surface area contributed by atoms with Crippen LogP contribution in [0.25, 0.3) is 10.4 Å². The van der Waals surface area contributed by atoms with E-state index >= 15 is 0 Å². The number of carbonyl (C=O) groups excluding carboxylic acids is 2. The lowest BCUT2D eigenvalue weighted by molar-refractivity contribution is -0.141. The number of piperidine rings is 1. The van der Waals surface area contributed by atoms with E-state index in [1.165, 1.54) is 4.90 Å². The molecule has 1 aromatic carbocycles. The highest BCUT2D eigenvalue weighted by molar-refractivity contribution is 7.13. The minimum absolute atomic E-state index is 0.0251. The predicted octanol–water partition coefficient (Wildman–Crippen LogP) is 3.48. The van der Waals surface area contributed by atoms with E-state index in [1.54, 1.807) is 11.3 Å². The van der Waals surface area contributed by atoms with Gasteiger partial charge in [-0.2, -0.15) is 0 Å². The molecule has 2 amide bonds. The summed E-state index contributed by atoms with van der Waals surface area (Å²) in [6.45, 7) is 9.71. The first-order valence-electron chi connectivity index (χ1n) is 14.9. The zero-order valence-corrected chi connectivity index (χ0v) is 25.6. The molecule has 2 aliphatic heterocycles. The number of aryl methyl sites for hydroxylation is 1. The number of carbonyl (C=O) groups is 2. The number of aromatic nitrogens is 2. The number of hydrogen-bond donors (Lipinski definition) is 4. The number of benzene rings is 1. The summed E-state index contributed by atoms with van der Waals surface area (Å²) in [4.78, 5) is 34.6. The van der Waals surface area contributed by atoms with Crippen LogP contribution in [0.4, 0.5) is 0 Å². The summed E-state index contributed by atoms with van der Waals surface area (Å²) in [7, 11) is 0. The molecule has 2 aromatic heterocycles. The van der Waals surface area contributed by atoms with Crippen LogP contribution in [0.5, 0.6) is 0 Å². The van der Waals surface area contributed by atoms with Gasteiger partial charge < -0.3 is 30.9 Å². The molecular weight excluding hydrogens is 552 g/mol. The average molecular weight is 595 g/mol. The van der Waals surface area contributed by atoms with Gasteiger partial charge in [0.25, 0.3) is 0 Å². The van der Waals surface area contributed by atoms with Gasteiger partial charge in [0.2, 0.25) is 11.8 Å². The van der Waals surface area contributed by atoms with Crippen molar-refractivity contribution in [3.05, 3.63) is 58.6 Å². The van der Waals surface area contributed by atoms with E-state index < -0.39 is 24.1 Å². The molecule has 2 aliphatic rings. The number of nitrogens with zero attached hydrogens (tertiary/aromatic N) is 3. The van der Waals surface area contributed by atoms with Gasteiger partial charge in [-0.15, -0.1) is 11.3 Å². The van der Waals surface area contributed by atoms with Gasteiger partial charge in [-0.25, -0.2) is 4.98 Å². The lowest BCUT2D eigenvalue weighted by Crippen LogP contribution is -2.51. The SMILES string of the molecule is Cc1ncsc1-c1ccc([C@H](C)NC(=O)[C@@H]2C[C@@H](O)CN2C(=O)[C@@H](c2cc(C3CCNCC3)no2)[C@@H](N)C(C)C)cc1. The van der Waals surface area contributed by atoms with Gasteiger partial charge in [0, 0.05) is 31.0 Å². The highest BCUT2D eigenvalue weighted by Gasteiger charge is 2.45. The van der Waals surface area contributed by atoms with E-state index in [9.17, 15) is 14.7 Å². The van der Waals surface area contributed by atoms with E-state index in [0.717, 1.165) is 53.3 Å². The maximum atomic E-state index is 14.1. The Bertz CT molecular complexity index is 1370. The van der Waals surface area contributed by atoms with Crippen LogP contribution in [-0.2, 0) is 9.59 Å². The van der Waals surface area contributed by atoms with Gasteiger partial charge in [-0.3, -0.25) is 9.59 Å². The summed E-state index contributed by atoms with van der Waals surface area (Å²) in [6, 6.07) is 8.25.